The maximum absolute atomic E-state index is 5.65. The van der Waals surface area contributed by atoms with Gasteiger partial charge in [0.15, 0.2) is 0 Å². The summed E-state index contributed by atoms with van der Waals surface area (Å²) in [6, 6.07) is 6.87. The van der Waals surface area contributed by atoms with Crippen molar-refractivity contribution in [2.24, 2.45) is 5.73 Å². The molecule has 1 nitrogen and oxygen atoms in total. The van der Waals surface area contributed by atoms with Gasteiger partial charge in [-0.15, -0.1) is 0 Å². The summed E-state index contributed by atoms with van der Waals surface area (Å²) in [6.45, 7) is 2.94. The lowest BCUT2D eigenvalue weighted by atomic mass is 9.97. The number of benzene rings is 1. The van der Waals surface area contributed by atoms with Crippen molar-refractivity contribution in [3.8, 4) is 0 Å². The Morgan fingerprint density at radius 2 is 2.08 bits per heavy atom. The van der Waals surface area contributed by atoms with Crippen LogP contribution in [0.1, 0.15) is 36.0 Å². The van der Waals surface area contributed by atoms with E-state index < -0.39 is 0 Å². The van der Waals surface area contributed by atoms with Gasteiger partial charge in [0, 0.05) is 0 Å². The van der Waals surface area contributed by atoms with E-state index in [0.29, 0.717) is 5.92 Å². The Morgan fingerprint density at radius 1 is 1.31 bits per heavy atom. The summed E-state index contributed by atoms with van der Waals surface area (Å²) in [5.41, 5.74) is 10.2. The molecular formula is C12H17N. The topological polar surface area (TPSA) is 26.0 Å². The van der Waals surface area contributed by atoms with Gasteiger partial charge in [-0.1, -0.05) is 25.1 Å². The first-order valence-electron chi connectivity index (χ1n) is 5.13. The van der Waals surface area contributed by atoms with Crippen LogP contribution in [0.25, 0.3) is 0 Å². The van der Waals surface area contributed by atoms with Crippen LogP contribution in [0.2, 0.25) is 0 Å². The van der Waals surface area contributed by atoms with Crippen molar-refractivity contribution in [2.45, 2.75) is 32.1 Å². The normalized spacial score (nSPS) is 17.1. The molecule has 2 rings (SSSR count). The van der Waals surface area contributed by atoms with Crippen LogP contribution in [0.3, 0.4) is 0 Å². The number of nitrogens with two attached hydrogens (primary N) is 1. The molecule has 1 aliphatic carbocycles. The second-order valence-corrected chi connectivity index (χ2v) is 4.02. The Labute approximate surface area is 80.0 Å². The van der Waals surface area contributed by atoms with Crippen LogP contribution in [0.15, 0.2) is 18.2 Å². The van der Waals surface area contributed by atoms with Crippen LogP contribution in [-0.4, -0.2) is 6.54 Å². The van der Waals surface area contributed by atoms with E-state index in [2.05, 4.69) is 25.1 Å². The van der Waals surface area contributed by atoms with Crippen LogP contribution >= 0.6 is 0 Å². The molecule has 13 heavy (non-hydrogen) atoms. The van der Waals surface area contributed by atoms with E-state index in [-0.39, 0.29) is 0 Å². The van der Waals surface area contributed by atoms with Gasteiger partial charge >= 0.3 is 0 Å². The van der Waals surface area contributed by atoms with E-state index in [1.54, 1.807) is 11.1 Å². The van der Waals surface area contributed by atoms with Crippen molar-refractivity contribution in [3.63, 3.8) is 0 Å². The highest BCUT2D eigenvalue weighted by Gasteiger charge is 2.12. The summed E-state index contributed by atoms with van der Waals surface area (Å²) in [7, 11) is 0. The van der Waals surface area contributed by atoms with Gasteiger partial charge in [-0.2, -0.15) is 0 Å². The van der Waals surface area contributed by atoms with Crippen molar-refractivity contribution in [1.29, 1.82) is 0 Å². The second-order valence-electron chi connectivity index (χ2n) is 4.02. The Hall–Kier alpha value is -0.820. The monoisotopic (exact) mass is 175 g/mol. The lowest BCUT2D eigenvalue weighted by molar-refractivity contribution is 0.772. The van der Waals surface area contributed by atoms with Crippen molar-refractivity contribution in [1.82, 2.24) is 0 Å². The van der Waals surface area contributed by atoms with Crippen LogP contribution in [0.4, 0.5) is 0 Å². The quantitative estimate of drug-likeness (QED) is 0.733. The van der Waals surface area contributed by atoms with Crippen LogP contribution in [-0.2, 0) is 12.8 Å². The first kappa shape index (κ1) is 8.76. The van der Waals surface area contributed by atoms with Crippen LogP contribution in [0, 0.1) is 0 Å². The van der Waals surface area contributed by atoms with Crippen molar-refractivity contribution < 1.29 is 0 Å². The number of hydrogen-bond acceptors (Lipinski definition) is 1. The Balaban J connectivity index is 2.30. The predicted octanol–water partition coefficient (Wildman–Crippen LogP) is 2.24. The lowest BCUT2D eigenvalue weighted by Gasteiger charge is -2.10. The third kappa shape index (κ3) is 1.61. The summed E-state index contributed by atoms with van der Waals surface area (Å²) in [6.07, 6.45) is 3.86. The van der Waals surface area contributed by atoms with Gasteiger partial charge in [0.1, 0.15) is 0 Å². The number of hydrogen-bond donors (Lipinski definition) is 1. The molecule has 1 heteroatoms. The average Bonchev–Trinajstić information content (AvgIpc) is 2.63. The minimum atomic E-state index is 0.505. The molecule has 0 spiro atoms. The first-order chi connectivity index (χ1) is 6.31. The van der Waals surface area contributed by atoms with E-state index in [4.69, 9.17) is 5.73 Å². The maximum Gasteiger partial charge on any atom is -0.00109 e. The number of fused-ring (bicyclic) bond motifs is 1. The molecule has 2 N–H and O–H groups in total. The molecular weight excluding hydrogens is 158 g/mol. The smallest absolute Gasteiger partial charge is 0.00109 e. The molecule has 0 unspecified atom stereocenters. The van der Waals surface area contributed by atoms with Gasteiger partial charge in [-0.25, -0.2) is 0 Å². The van der Waals surface area contributed by atoms with E-state index in [1.807, 2.05) is 0 Å². The number of rotatable bonds is 2. The fraction of sp³-hybridized carbons (Fsp3) is 0.500. The molecule has 1 aromatic carbocycles. The summed E-state index contributed by atoms with van der Waals surface area (Å²) in [4.78, 5) is 0. The molecule has 0 bridgehead atoms. The van der Waals surface area contributed by atoms with Crippen LogP contribution < -0.4 is 5.73 Å². The third-order valence-electron chi connectivity index (χ3n) is 3.05. The zero-order chi connectivity index (χ0) is 9.26. The Kier molecular flexibility index (Phi) is 2.36. The van der Waals surface area contributed by atoms with Gasteiger partial charge in [-0.3, -0.25) is 0 Å². The summed E-state index contributed by atoms with van der Waals surface area (Å²) < 4.78 is 0. The minimum Gasteiger partial charge on any atom is -0.330 e. The van der Waals surface area contributed by atoms with Gasteiger partial charge in [-0.05, 0) is 48.4 Å². The largest absolute Gasteiger partial charge is 0.330 e. The SMILES string of the molecule is C[C@@H](CN)c1ccc2c(c1)CCC2. The molecule has 1 aliphatic rings. The highest BCUT2D eigenvalue weighted by Crippen LogP contribution is 2.25. The predicted molar refractivity (Wildman–Crippen MR) is 55.9 cm³/mol. The van der Waals surface area contributed by atoms with E-state index in [1.165, 1.54) is 24.8 Å². The molecule has 0 aliphatic heterocycles. The van der Waals surface area contributed by atoms with E-state index >= 15 is 0 Å². The zero-order valence-corrected chi connectivity index (χ0v) is 8.22. The van der Waals surface area contributed by atoms with Gasteiger partial charge in [0.2, 0.25) is 0 Å². The molecule has 70 valence electrons. The second kappa shape index (κ2) is 3.51. The van der Waals surface area contributed by atoms with Gasteiger partial charge < -0.3 is 5.73 Å². The number of aryl methyl sites for hydroxylation is 2. The highest BCUT2D eigenvalue weighted by molar-refractivity contribution is 5.36. The van der Waals surface area contributed by atoms with Crippen molar-refractivity contribution in [2.75, 3.05) is 6.54 Å². The van der Waals surface area contributed by atoms with Crippen molar-refractivity contribution in [3.05, 3.63) is 34.9 Å². The molecule has 0 fully saturated rings. The zero-order valence-electron chi connectivity index (χ0n) is 8.22. The molecule has 0 saturated heterocycles. The van der Waals surface area contributed by atoms with E-state index in [9.17, 15) is 0 Å². The molecule has 0 heterocycles. The fourth-order valence-corrected chi connectivity index (χ4v) is 2.03. The first-order valence-corrected chi connectivity index (χ1v) is 5.13. The summed E-state index contributed by atoms with van der Waals surface area (Å²) in [5.74, 6) is 0.505. The molecule has 1 atom stereocenters. The Bertz CT molecular complexity index is 304. The van der Waals surface area contributed by atoms with Gasteiger partial charge in [0.05, 0.1) is 0 Å². The molecule has 1 aromatic rings. The van der Waals surface area contributed by atoms with Crippen LogP contribution in [0.5, 0.6) is 0 Å². The highest BCUT2D eigenvalue weighted by atomic mass is 14.5. The molecule has 0 saturated carbocycles. The van der Waals surface area contributed by atoms with E-state index in [0.717, 1.165) is 6.54 Å². The molecule has 0 amide bonds. The molecule has 0 radical (unpaired) electrons. The third-order valence-corrected chi connectivity index (χ3v) is 3.05. The average molecular weight is 175 g/mol. The van der Waals surface area contributed by atoms with Gasteiger partial charge in [0.25, 0.3) is 0 Å². The standard InChI is InChI=1S/C12H17N/c1-9(8-13)11-6-5-10-3-2-4-12(10)7-11/h5-7,9H,2-4,8,13H2,1H3/t9-/m0/s1. The minimum absolute atomic E-state index is 0.505. The van der Waals surface area contributed by atoms with Crippen molar-refractivity contribution >= 4 is 0 Å². The maximum atomic E-state index is 5.65. The molecule has 0 aromatic heterocycles. The fourth-order valence-electron chi connectivity index (χ4n) is 2.03. The summed E-state index contributed by atoms with van der Waals surface area (Å²) in [5, 5.41) is 0. The Morgan fingerprint density at radius 3 is 2.85 bits per heavy atom. The lowest BCUT2D eigenvalue weighted by Crippen LogP contribution is -2.09. The summed E-state index contributed by atoms with van der Waals surface area (Å²) >= 11 is 0.